The van der Waals surface area contributed by atoms with Gasteiger partial charge in [-0.05, 0) is 5.92 Å². The molecule has 1 atom stereocenters. The molecule has 80 valence electrons. The zero-order valence-corrected chi connectivity index (χ0v) is 8.37. The van der Waals surface area contributed by atoms with Gasteiger partial charge in [0.25, 0.3) is 0 Å². The first kappa shape index (κ1) is 9.85. The largest absolute Gasteiger partial charge is 0.396 e. The Labute approximate surface area is 85.8 Å². The van der Waals surface area contributed by atoms with E-state index in [0.29, 0.717) is 12.2 Å². The average Bonchev–Trinajstić information content (AvgIpc) is 2.57. The molecule has 0 aliphatic rings. The Morgan fingerprint density at radius 1 is 1.60 bits per heavy atom. The summed E-state index contributed by atoms with van der Waals surface area (Å²) in [6.07, 6.45) is 4.64. The second-order valence-corrected chi connectivity index (χ2v) is 3.56. The van der Waals surface area contributed by atoms with Gasteiger partial charge in [0.2, 0.25) is 0 Å². The molecule has 1 N–H and O–H groups in total. The summed E-state index contributed by atoms with van der Waals surface area (Å²) in [7, 11) is 0. The molecule has 15 heavy (non-hydrogen) atoms. The van der Waals surface area contributed by atoms with Gasteiger partial charge in [-0.15, -0.1) is 5.10 Å². The van der Waals surface area contributed by atoms with E-state index in [4.69, 9.17) is 5.11 Å². The maximum absolute atomic E-state index is 11.7. The second-order valence-electron chi connectivity index (χ2n) is 3.56. The molecule has 6 nitrogen and oxygen atoms in total. The van der Waals surface area contributed by atoms with Crippen LogP contribution in [0.15, 0.2) is 23.4 Å². The van der Waals surface area contributed by atoms with Crippen molar-refractivity contribution in [2.45, 2.75) is 13.5 Å². The Morgan fingerprint density at radius 2 is 2.40 bits per heavy atom. The van der Waals surface area contributed by atoms with Gasteiger partial charge in [-0.2, -0.15) is 0 Å². The van der Waals surface area contributed by atoms with Crippen LogP contribution in [-0.4, -0.2) is 30.9 Å². The fraction of sp³-hybridized carbons (Fsp3) is 0.444. The summed E-state index contributed by atoms with van der Waals surface area (Å²) in [6, 6.07) is 0. The molecule has 0 fully saturated rings. The van der Waals surface area contributed by atoms with Gasteiger partial charge in [0.05, 0.1) is 12.7 Å². The predicted octanol–water partition coefficient (Wildman–Crippen LogP) is -0.481. The van der Waals surface area contributed by atoms with Crippen molar-refractivity contribution in [3.8, 4) is 0 Å². The lowest BCUT2D eigenvalue weighted by atomic mass is 10.2. The molecule has 0 aromatic carbocycles. The number of hydrogen-bond acceptors (Lipinski definition) is 4. The molecule has 1 unspecified atom stereocenters. The molecule has 0 radical (unpaired) electrons. The average molecular weight is 208 g/mol. The Balaban J connectivity index is 2.45. The summed E-state index contributed by atoms with van der Waals surface area (Å²) in [4.78, 5) is 15.6. The molecule has 0 bridgehead atoms. The van der Waals surface area contributed by atoms with Crippen LogP contribution in [0.2, 0.25) is 0 Å². The number of nitrogens with zero attached hydrogens (tertiary/aromatic N) is 4. The van der Waals surface area contributed by atoms with Gasteiger partial charge in [0, 0.05) is 19.0 Å². The van der Waals surface area contributed by atoms with Gasteiger partial charge >= 0.3 is 5.69 Å². The molecule has 0 saturated heterocycles. The minimum Gasteiger partial charge on any atom is -0.396 e. The van der Waals surface area contributed by atoms with Gasteiger partial charge in [-0.1, -0.05) is 6.92 Å². The zero-order valence-electron chi connectivity index (χ0n) is 8.37. The first-order valence-electron chi connectivity index (χ1n) is 4.72. The van der Waals surface area contributed by atoms with Gasteiger partial charge in [0.15, 0.2) is 5.65 Å². The van der Waals surface area contributed by atoms with E-state index in [-0.39, 0.29) is 18.2 Å². The zero-order chi connectivity index (χ0) is 10.8. The summed E-state index contributed by atoms with van der Waals surface area (Å²) >= 11 is 0. The van der Waals surface area contributed by atoms with Crippen molar-refractivity contribution in [2.75, 3.05) is 6.61 Å². The highest BCUT2D eigenvalue weighted by Crippen LogP contribution is 1.97. The molecule has 6 heteroatoms. The molecule has 0 amide bonds. The van der Waals surface area contributed by atoms with Crippen molar-refractivity contribution in [1.29, 1.82) is 0 Å². The third-order valence-electron chi connectivity index (χ3n) is 2.18. The number of aliphatic hydroxyl groups is 1. The van der Waals surface area contributed by atoms with Crippen molar-refractivity contribution >= 4 is 5.65 Å². The minimum atomic E-state index is -0.201. The SMILES string of the molecule is CC(CO)Cn1nc2cnccn2c1=O. The van der Waals surface area contributed by atoms with Crippen LogP contribution in [-0.2, 0) is 6.54 Å². The first-order chi connectivity index (χ1) is 7.22. The third-order valence-corrected chi connectivity index (χ3v) is 2.18. The van der Waals surface area contributed by atoms with Crippen LogP contribution in [0.25, 0.3) is 5.65 Å². The molecule has 0 saturated carbocycles. The molecular weight excluding hydrogens is 196 g/mol. The van der Waals surface area contributed by atoms with Crippen LogP contribution in [0.1, 0.15) is 6.92 Å². The third kappa shape index (κ3) is 1.75. The Kier molecular flexibility index (Phi) is 2.51. The lowest BCUT2D eigenvalue weighted by molar-refractivity contribution is 0.218. The molecule has 2 aromatic heterocycles. The lowest BCUT2D eigenvalue weighted by Gasteiger charge is -2.04. The summed E-state index contributed by atoms with van der Waals surface area (Å²) in [5.41, 5.74) is 0.320. The first-order valence-corrected chi connectivity index (χ1v) is 4.72. The standard InChI is InChI=1S/C9H12N4O2/c1-7(6-14)5-13-9(15)12-3-2-10-4-8(12)11-13/h2-4,7,14H,5-6H2,1H3. The molecule has 0 aliphatic carbocycles. The van der Waals surface area contributed by atoms with Gasteiger partial charge in [-0.3, -0.25) is 4.98 Å². The smallest absolute Gasteiger partial charge is 0.350 e. The topological polar surface area (TPSA) is 72.4 Å². The molecule has 2 rings (SSSR count). The molecule has 2 aromatic rings. The van der Waals surface area contributed by atoms with E-state index in [0.717, 1.165) is 0 Å². The van der Waals surface area contributed by atoms with Crippen molar-refractivity contribution < 1.29 is 5.11 Å². The van der Waals surface area contributed by atoms with Crippen molar-refractivity contribution in [1.82, 2.24) is 19.2 Å². The molecule has 2 heterocycles. The Morgan fingerprint density at radius 3 is 3.07 bits per heavy atom. The Bertz CT molecular complexity index is 516. The summed E-state index contributed by atoms with van der Waals surface area (Å²) < 4.78 is 2.77. The van der Waals surface area contributed by atoms with Crippen LogP contribution >= 0.6 is 0 Å². The fourth-order valence-electron chi connectivity index (χ4n) is 1.35. The number of hydrogen-bond donors (Lipinski definition) is 1. The lowest BCUT2D eigenvalue weighted by Crippen LogP contribution is -2.25. The van der Waals surface area contributed by atoms with Gasteiger partial charge in [-0.25, -0.2) is 13.9 Å². The van der Waals surface area contributed by atoms with Crippen molar-refractivity contribution in [2.24, 2.45) is 5.92 Å². The van der Waals surface area contributed by atoms with Crippen molar-refractivity contribution in [3.05, 3.63) is 29.1 Å². The van der Waals surface area contributed by atoms with Crippen LogP contribution in [0, 0.1) is 5.92 Å². The molecule has 0 aliphatic heterocycles. The maximum Gasteiger partial charge on any atom is 0.350 e. The van der Waals surface area contributed by atoms with E-state index in [1.165, 1.54) is 21.5 Å². The number of fused-ring (bicyclic) bond motifs is 1. The number of aliphatic hydroxyl groups excluding tert-OH is 1. The highest BCUT2D eigenvalue weighted by atomic mass is 16.3. The highest BCUT2D eigenvalue weighted by molar-refractivity contribution is 5.31. The van der Waals surface area contributed by atoms with Gasteiger partial charge in [0.1, 0.15) is 0 Å². The molecular formula is C9H12N4O2. The van der Waals surface area contributed by atoms with E-state index < -0.39 is 0 Å². The predicted molar refractivity (Wildman–Crippen MR) is 53.5 cm³/mol. The van der Waals surface area contributed by atoms with Crippen LogP contribution < -0.4 is 5.69 Å². The Hall–Kier alpha value is -1.69. The monoisotopic (exact) mass is 208 g/mol. The van der Waals surface area contributed by atoms with Crippen LogP contribution in [0.5, 0.6) is 0 Å². The normalized spacial score (nSPS) is 13.2. The van der Waals surface area contributed by atoms with Gasteiger partial charge < -0.3 is 5.11 Å². The highest BCUT2D eigenvalue weighted by Gasteiger charge is 2.08. The summed E-state index contributed by atoms with van der Waals surface area (Å²) in [6.45, 7) is 2.31. The maximum atomic E-state index is 11.7. The number of aromatic nitrogens is 4. The van der Waals surface area contributed by atoms with E-state index in [1.807, 2.05) is 6.92 Å². The fourth-order valence-corrected chi connectivity index (χ4v) is 1.35. The van der Waals surface area contributed by atoms with Crippen molar-refractivity contribution in [3.63, 3.8) is 0 Å². The van der Waals surface area contributed by atoms with E-state index >= 15 is 0 Å². The number of rotatable bonds is 3. The summed E-state index contributed by atoms with van der Waals surface area (Å²) in [5, 5.41) is 13.0. The minimum absolute atomic E-state index is 0.0144. The second kappa shape index (κ2) is 3.82. The quantitative estimate of drug-likeness (QED) is 0.739. The van der Waals surface area contributed by atoms with Crippen LogP contribution in [0.4, 0.5) is 0 Å². The van der Waals surface area contributed by atoms with E-state index in [9.17, 15) is 4.79 Å². The van der Waals surface area contributed by atoms with Crippen LogP contribution in [0.3, 0.4) is 0 Å². The van der Waals surface area contributed by atoms with E-state index in [1.54, 1.807) is 6.20 Å². The summed E-state index contributed by atoms with van der Waals surface area (Å²) in [5.74, 6) is 0.0144. The molecule has 0 spiro atoms. The van der Waals surface area contributed by atoms with E-state index in [2.05, 4.69) is 10.1 Å².